The van der Waals surface area contributed by atoms with Crippen molar-refractivity contribution in [3.63, 3.8) is 0 Å². The molecule has 0 aromatic heterocycles. The van der Waals surface area contributed by atoms with Gasteiger partial charge in [-0.15, -0.1) is 0 Å². The molecule has 75 heavy (non-hydrogen) atoms. The van der Waals surface area contributed by atoms with Gasteiger partial charge in [-0.1, -0.05) is 13.8 Å². The standard InChI is InChI=1S/C45H74N12O16S2/c1-19(2)15-26(52-42(69)31-12-9-13-56(31)43(70)20(3)46)38(65)49-21(4)34(61)47-23(6)36(63)51-27(16-32(59)60)39(66)55-33(25(8)58)44(71)57-14-10-11-30(57)41(68)50-22(5)35(62)48-24(7)37(64)53-28(17-74)40(67)54-29(18-75)45(72)73/h19-31,33,58,74-75H,9-18,46H2,1-8H3,(H,47,61)(H,48,62)(H,49,65)(H,50,68)(H,51,63)(H,52,69)(H,53,64)(H,54,67)(H,55,66)(H,59,60)(H,72,73)/t20-,21-,22-,23-,24-,25+,26-,27-,28-,29-,30-,31-,33-/m0/s1. The van der Waals surface area contributed by atoms with Crippen molar-refractivity contribution in [2.45, 2.75) is 173 Å². The zero-order valence-corrected chi connectivity index (χ0v) is 45.0. The molecule has 2 fully saturated rings. The summed E-state index contributed by atoms with van der Waals surface area (Å²) in [6.07, 6.45) is -1.27. The molecule has 0 saturated carbocycles. The van der Waals surface area contributed by atoms with E-state index in [0.29, 0.717) is 19.4 Å². The number of hydrogen-bond donors (Lipinski definition) is 15. The summed E-state index contributed by atoms with van der Waals surface area (Å²) in [4.78, 5) is 171. The lowest BCUT2D eigenvalue weighted by molar-refractivity contribution is -0.145. The third kappa shape index (κ3) is 19.7. The molecule has 0 unspecified atom stereocenters. The Labute approximate surface area is 444 Å². The number of nitrogens with zero attached hydrogens (tertiary/aromatic N) is 2. The summed E-state index contributed by atoms with van der Waals surface area (Å²) >= 11 is 7.90. The molecule has 11 amide bonds. The molecular weight excluding hydrogens is 1030 g/mol. The number of rotatable bonds is 28. The molecule has 422 valence electrons. The van der Waals surface area contributed by atoms with Gasteiger partial charge in [-0.2, -0.15) is 25.3 Å². The first-order valence-corrected chi connectivity index (χ1v) is 25.7. The number of amides is 11. The summed E-state index contributed by atoms with van der Waals surface area (Å²) in [6.45, 7) is 11.6. The molecule has 2 aliphatic rings. The van der Waals surface area contributed by atoms with E-state index in [1.54, 1.807) is 0 Å². The largest absolute Gasteiger partial charge is 0.481 e. The number of carbonyl (C=O) groups is 13. The van der Waals surface area contributed by atoms with Gasteiger partial charge in [0.2, 0.25) is 65.0 Å². The van der Waals surface area contributed by atoms with Gasteiger partial charge in [-0.25, -0.2) is 4.79 Å². The van der Waals surface area contributed by atoms with Gasteiger partial charge >= 0.3 is 11.9 Å². The van der Waals surface area contributed by atoms with E-state index in [4.69, 9.17) is 5.73 Å². The fourth-order valence-corrected chi connectivity index (χ4v) is 8.36. The van der Waals surface area contributed by atoms with Crippen molar-refractivity contribution in [1.29, 1.82) is 0 Å². The van der Waals surface area contributed by atoms with E-state index in [1.165, 1.54) is 39.5 Å². The highest BCUT2D eigenvalue weighted by Crippen LogP contribution is 2.21. The number of aliphatic carboxylic acids is 2. The number of nitrogens with one attached hydrogen (secondary N) is 9. The summed E-state index contributed by atoms with van der Waals surface area (Å²) in [5, 5.41) is 50.9. The number of aliphatic hydroxyl groups is 1. The van der Waals surface area contributed by atoms with Crippen LogP contribution in [0.1, 0.15) is 93.9 Å². The van der Waals surface area contributed by atoms with Gasteiger partial charge in [-0.05, 0) is 79.6 Å². The van der Waals surface area contributed by atoms with Crippen molar-refractivity contribution < 1.29 is 77.6 Å². The summed E-state index contributed by atoms with van der Waals surface area (Å²) in [7, 11) is 0. The zero-order chi connectivity index (χ0) is 57.2. The number of likely N-dealkylation sites (tertiary alicyclic amines) is 2. The second-order valence-corrected chi connectivity index (χ2v) is 19.7. The van der Waals surface area contributed by atoms with Crippen LogP contribution in [0.2, 0.25) is 0 Å². The Morgan fingerprint density at radius 2 is 0.893 bits per heavy atom. The fraction of sp³-hybridized carbons (Fsp3) is 0.711. The molecule has 2 aliphatic heterocycles. The highest BCUT2D eigenvalue weighted by molar-refractivity contribution is 7.80. The van der Waals surface area contributed by atoms with Crippen LogP contribution in [0.5, 0.6) is 0 Å². The number of thiol groups is 2. The van der Waals surface area contributed by atoms with Gasteiger partial charge in [0, 0.05) is 24.6 Å². The molecule has 30 heteroatoms. The minimum absolute atomic E-state index is 0.0523. The summed E-state index contributed by atoms with van der Waals surface area (Å²) in [5.41, 5.74) is 5.76. The molecule has 0 aromatic rings. The van der Waals surface area contributed by atoms with Gasteiger partial charge in [0.05, 0.1) is 18.6 Å². The van der Waals surface area contributed by atoms with Crippen molar-refractivity contribution >= 4 is 102 Å². The quantitative estimate of drug-likeness (QED) is 0.0325. The molecule has 0 aliphatic carbocycles. The normalized spacial score (nSPS) is 19.6. The van der Waals surface area contributed by atoms with Crippen LogP contribution in [0.3, 0.4) is 0 Å². The van der Waals surface area contributed by atoms with Crippen LogP contribution in [0.4, 0.5) is 0 Å². The Bertz CT molecular complexity index is 2140. The van der Waals surface area contributed by atoms with E-state index in [1.807, 2.05) is 13.8 Å². The molecule has 0 radical (unpaired) electrons. The lowest BCUT2D eigenvalue weighted by Crippen LogP contribution is -2.61. The SMILES string of the molecule is CC(C)C[C@H](NC(=O)[C@@H]1CCCN1C(=O)[C@H](C)N)C(=O)N[C@@H](C)C(=O)N[C@@H](C)C(=O)N[C@@H](CC(=O)O)C(=O)N[C@H](C(=O)N1CCC[C@H]1C(=O)N[C@@H](C)C(=O)N[C@@H](C)C(=O)N[C@@H](CS)C(=O)N[C@@H](CS)C(=O)O)[C@@H](C)O. The molecule has 0 spiro atoms. The molecule has 2 rings (SSSR count). The van der Waals surface area contributed by atoms with E-state index in [9.17, 15) is 77.6 Å². The van der Waals surface area contributed by atoms with Crippen LogP contribution in [0.25, 0.3) is 0 Å². The minimum Gasteiger partial charge on any atom is -0.481 e. The molecule has 0 aromatic carbocycles. The van der Waals surface area contributed by atoms with Crippen molar-refractivity contribution in [2.24, 2.45) is 11.7 Å². The monoisotopic (exact) mass is 1100 g/mol. The van der Waals surface area contributed by atoms with Crippen LogP contribution in [-0.2, 0) is 62.3 Å². The van der Waals surface area contributed by atoms with E-state index in [-0.39, 0.29) is 43.2 Å². The first-order valence-electron chi connectivity index (χ1n) is 24.4. The predicted molar refractivity (Wildman–Crippen MR) is 272 cm³/mol. The smallest absolute Gasteiger partial charge is 0.327 e. The van der Waals surface area contributed by atoms with Gasteiger partial charge < -0.3 is 78.7 Å². The predicted octanol–water partition coefficient (Wildman–Crippen LogP) is -5.40. The van der Waals surface area contributed by atoms with Crippen molar-refractivity contribution in [3.8, 4) is 0 Å². The Hall–Kier alpha value is -6.27. The number of carboxylic acids is 2. The topological polar surface area (TPSA) is 423 Å². The summed E-state index contributed by atoms with van der Waals surface area (Å²) in [5.74, 6) is -12.8. The van der Waals surface area contributed by atoms with Crippen LogP contribution in [0.15, 0.2) is 0 Å². The average Bonchev–Trinajstić information content (AvgIpc) is 4.04. The third-order valence-corrected chi connectivity index (χ3v) is 12.8. The number of carboxylic acid groups (broad SMARTS) is 2. The summed E-state index contributed by atoms with van der Waals surface area (Å²) < 4.78 is 0. The number of hydrogen-bond acceptors (Lipinski definition) is 17. The average molecular weight is 1100 g/mol. The van der Waals surface area contributed by atoms with Crippen LogP contribution in [0, 0.1) is 5.92 Å². The zero-order valence-electron chi connectivity index (χ0n) is 43.2. The lowest BCUT2D eigenvalue weighted by atomic mass is 10.0. The molecule has 13 atom stereocenters. The number of nitrogens with two attached hydrogens (primary N) is 1. The van der Waals surface area contributed by atoms with E-state index in [0.717, 1.165) is 11.8 Å². The number of carbonyl (C=O) groups excluding carboxylic acids is 11. The van der Waals surface area contributed by atoms with Gasteiger partial charge in [-0.3, -0.25) is 57.5 Å². The van der Waals surface area contributed by atoms with Gasteiger partial charge in [0.1, 0.15) is 66.5 Å². The summed E-state index contributed by atoms with van der Waals surface area (Å²) in [6, 6.07) is -15.7. The Morgan fingerprint density at radius 3 is 1.32 bits per heavy atom. The Morgan fingerprint density at radius 1 is 0.507 bits per heavy atom. The molecule has 0 bridgehead atoms. The minimum atomic E-state index is -1.88. The van der Waals surface area contributed by atoms with Crippen molar-refractivity contribution in [3.05, 3.63) is 0 Å². The fourth-order valence-electron chi connectivity index (χ4n) is 7.85. The lowest BCUT2D eigenvalue weighted by Gasteiger charge is -2.31. The van der Waals surface area contributed by atoms with E-state index in [2.05, 4.69) is 73.1 Å². The Balaban J connectivity index is 2.08. The van der Waals surface area contributed by atoms with Crippen LogP contribution < -0.4 is 53.6 Å². The first-order chi connectivity index (χ1) is 34.9. The second-order valence-electron chi connectivity index (χ2n) is 19.0. The maximum Gasteiger partial charge on any atom is 0.327 e. The van der Waals surface area contributed by atoms with Crippen LogP contribution >= 0.6 is 25.3 Å². The molecule has 2 saturated heterocycles. The Kier molecular flexibility index (Phi) is 26.2. The van der Waals surface area contributed by atoms with E-state index < -0.39 is 162 Å². The second kappa shape index (κ2) is 30.3. The molecule has 28 nitrogen and oxygen atoms in total. The molecule has 14 N–H and O–H groups in total. The maximum atomic E-state index is 13.9. The number of aliphatic hydroxyl groups excluding tert-OH is 1. The van der Waals surface area contributed by atoms with Gasteiger partial charge in [0.25, 0.3) is 0 Å². The van der Waals surface area contributed by atoms with E-state index >= 15 is 0 Å². The van der Waals surface area contributed by atoms with Crippen LogP contribution in [-0.4, -0.2) is 205 Å². The first kappa shape index (κ1) is 64.8. The maximum absolute atomic E-state index is 13.9. The molecule has 2 heterocycles. The third-order valence-electron chi connectivity index (χ3n) is 12.1. The van der Waals surface area contributed by atoms with Crippen molar-refractivity contribution in [2.75, 3.05) is 24.6 Å². The highest BCUT2D eigenvalue weighted by Gasteiger charge is 2.42. The molecular formula is C45H74N12O16S2. The van der Waals surface area contributed by atoms with Crippen molar-refractivity contribution in [1.82, 2.24) is 57.7 Å². The van der Waals surface area contributed by atoms with Gasteiger partial charge in [0.15, 0.2) is 0 Å². The highest BCUT2D eigenvalue weighted by atomic mass is 32.1.